The fourth-order valence-corrected chi connectivity index (χ4v) is 2.81. The van der Waals surface area contributed by atoms with E-state index in [9.17, 15) is 0 Å². The Hall–Kier alpha value is 0.350. The highest BCUT2D eigenvalue weighted by atomic mass is 32.1. The molecule has 2 unspecified atom stereocenters. The van der Waals surface area contributed by atoms with Crippen LogP contribution in [0.4, 0.5) is 0 Å². The van der Waals surface area contributed by atoms with Crippen LogP contribution in [-0.2, 0) is 0 Å². The fraction of sp³-hybridized carbons (Fsp3) is 1.00. The van der Waals surface area contributed by atoms with Crippen LogP contribution in [0.3, 0.4) is 0 Å². The second-order valence-corrected chi connectivity index (χ2v) is 5.57. The molecule has 1 aliphatic rings. The standard InChI is InChI=1S/C12H24S/c1-4-10-6-5-7-11(10)8-12(13)9(2)3/h9-13H,4-8H2,1-3H3/t10?,11?,12-/m1/s1. The van der Waals surface area contributed by atoms with Crippen molar-refractivity contribution >= 4 is 12.6 Å². The lowest BCUT2D eigenvalue weighted by Crippen LogP contribution is -2.17. The summed E-state index contributed by atoms with van der Waals surface area (Å²) in [6.07, 6.45) is 7.12. The molecule has 0 saturated heterocycles. The maximum Gasteiger partial charge on any atom is 0.00425 e. The van der Waals surface area contributed by atoms with E-state index in [0.29, 0.717) is 5.25 Å². The maximum absolute atomic E-state index is 4.68. The van der Waals surface area contributed by atoms with Crippen LogP contribution >= 0.6 is 12.6 Å². The molecule has 1 fully saturated rings. The first-order valence-corrected chi connectivity index (χ1v) is 6.34. The highest BCUT2D eigenvalue weighted by Crippen LogP contribution is 2.38. The summed E-state index contributed by atoms with van der Waals surface area (Å²) in [5.41, 5.74) is 0. The van der Waals surface area contributed by atoms with Crippen LogP contribution in [-0.4, -0.2) is 5.25 Å². The molecule has 0 aromatic carbocycles. The second kappa shape index (κ2) is 5.29. The first-order chi connectivity index (χ1) is 6.15. The molecule has 0 amide bonds. The van der Waals surface area contributed by atoms with Crippen molar-refractivity contribution in [2.24, 2.45) is 17.8 Å². The molecule has 1 rings (SSSR count). The Kier molecular flexibility index (Phi) is 4.64. The Morgan fingerprint density at radius 1 is 1.23 bits per heavy atom. The zero-order chi connectivity index (χ0) is 9.84. The van der Waals surface area contributed by atoms with Crippen LogP contribution in [0, 0.1) is 17.8 Å². The Labute approximate surface area is 88.9 Å². The molecular formula is C12H24S. The molecule has 3 atom stereocenters. The van der Waals surface area contributed by atoms with E-state index in [4.69, 9.17) is 0 Å². The monoisotopic (exact) mass is 200 g/mol. The predicted molar refractivity (Wildman–Crippen MR) is 63.4 cm³/mol. The third-order valence-electron chi connectivity index (χ3n) is 3.65. The lowest BCUT2D eigenvalue weighted by Gasteiger charge is -2.23. The third-order valence-corrected chi connectivity index (χ3v) is 4.46. The summed E-state index contributed by atoms with van der Waals surface area (Å²) in [5.74, 6) is 2.73. The Morgan fingerprint density at radius 2 is 1.85 bits per heavy atom. The van der Waals surface area contributed by atoms with Gasteiger partial charge in [0.05, 0.1) is 0 Å². The van der Waals surface area contributed by atoms with E-state index in [2.05, 4.69) is 33.4 Å². The Balaban J connectivity index is 2.34. The van der Waals surface area contributed by atoms with Crippen LogP contribution in [0.15, 0.2) is 0 Å². The molecule has 0 spiro atoms. The molecule has 13 heavy (non-hydrogen) atoms. The molecule has 0 aromatic heterocycles. The summed E-state index contributed by atoms with van der Waals surface area (Å²) < 4.78 is 0. The highest BCUT2D eigenvalue weighted by Gasteiger charge is 2.27. The van der Waals surface area contributed by atoms with Gasteiger partial charge in [-0.2, -0.15) is 12.6 Å². The number of rotatable bonds is 4. The first-order valence-electron chi connectivity index (χ1n) is 5.83. The fourth-order valence-electron chi connectivity index (χ4n) is 2.54. The maximum atomic E-state index is 4.68. The normalized spacial score (nSPS) is 31.2. The van der Waals surface area contributed by atoms with Crippen molar-refractivity contribution in [3.8, 4) is 0 Å². The van der Waals surface area contributed by atoms with Crippen molar-refractivity contribution in [3.05, 3.63) is 0 Å². The molecule has 0 N–H and O–H groups in total. The lowest BCUT2D eigenvalue weighted by atomic mass is 9.87. The van der Waals surface area contributed by atoms with Crippen LogP contribution in [0.25, 0.3) is 0 Å². The van der Waals surface area contributed by atoms with E-state index < -0.39 is 0 Å². The highest BCUT2D eigenvalue weighted by molar-refractivity contribution is 7.81. The summed E-state index contributed by atoms with van der Waals surface area (Å²) in [4.78, 5) is 0. The second-order valence-electron chi connectivity index (χ2n) is 4.91. The molecular weight excluding hydrogens is 176 g/mol. The van der Waals surface area contributed by atoms with Crippen molar-refractivity contribution in [1.82, 2.24) is 0 Å². The van der Waals surface area contributed by atoms with E-state index in [1.807, 2.05) is 0 Å². The zero-order valence-electron chi connectivity index (χ0n) is 9.29. The van der Waals surface area contributed by atoms with Gasteiger partial charge >= 0.3 is 0 Å². The third kappa shape index (κ3) is 3.19. The van der Waals surface area contributed by atoms with Crippen LogP contribution in [0.2, 0.25) is 0 Å². The van der Waals surface area contributed by atoms with Gasteiger partial charge in [-0.3, -0.25) is 0 Å². The van der Waals surface area contributed by atoms with E-state index in [-0.39, 0.29) is 0 Å². The van der Waals surface area contributed by atoms with Gasteiger partial charge < -0.3 is 0 Å². The van der Waals surface area contributed by atoms with Crippen molar-refractivity contribution in [1.29, 1.82) is 0 Å². The number of hydrogen-bond donors (Lipinski definition) is 1. The van der Waals surface area contributed by atoms with Gasteiger partial charge in [-0.15, -0.1) is 0 Å². The van der Waals surface area contributed by atoms with Crippen LogP contribution in [0.5, 0.6) is 0 Å². The van der Waals surface area contributed by atoms with E-state index in [1.54, 1.807) is 0 Å². The molecule has 1 aliphatic carbocycles. The van der Waals surface area contributed by atoms with Gasteiger partial charge in [0.25, 0.3) is 0 Å². The Morgan fingerprint density at radius 3 is 2.38 bits per heavy atom. The summed E-state index contributed by atoms with van der Waals surface area (Å²) >= 11 is 4.68. The van der Waals surface area contributed by atoms with E-state index >= 15 is 0 Å². The van der Waals surface area contributed by atoms with Crippen molar-refractivity contribution in [3.63, 3.8) is 0 Å². The van der Waals surface area contributed by atoms with Crippen molar-refractivity contribution < 1.29 is 0 Å². The van der Waals surface area contributed by atoms with Crippen molar-refractivity contribution in [2.45, 2.75) is 58.1 Å². The minimum atomic E-state index is 0.622. The SMILES string of the molecule is CCC1CCCC1C[C@@H](S)C(C)C. The largest absolute Gasteiger partial charge is 0.176 e. The minimum absolute atomic E-state index is 0.622. The summed E-state index contributed by atoms with van der Waals surface area (Å²) in [5, 5.41) is 0.622. The van der Waals surface area contributed by atoms with E-state index in [1.165, 1.54) is 32.1 Å². The summed E-state index contributed by atoms with van der Waals surface area (Å²) in [6, 6.07) is 0. The van der Waals surface area contributed by atoms with Gasteiger partial charge in [0.15, 0.2) is 0 Å². The molecule has 1 saturated carbocycles. The predicted octanol–water partition coefficient (Wildman–Crippen LogP) is 4.16. The average molecular weight is 200 g/mol. The molecule has 0 bridgehead atoms. The van der Waals surface area contributed by atoms with E-state index in [0.717, 1.165) is 17.8 Å². The molecule has 0 radical (unpaired) electrons. The van der Waals surface area contributed by atoms with Gasteiger partial charge in [0, 0.05) is 5.25 Å². The molecule has 0 aromatic rings. The zero-order valence-corrected chi connectivity index (χ0v) is 10.2. The van der Waals surface area contributed by atoms with Gasteiger partial charge in [0.2, 0.25) is 0 Å². The van der Waals surface area contributed by atoms with Crippen LogP contribution < -0.4 is 0 Å². The first kappa shape index (κ1) is 11.4. The van der Waals surface area contributed by atoms with Gasteiger partial charge in [-0.1, -0.05) is 46.5 Å². The average Bonchev–Trinajstić information content (AvgIpc) is 2.51. The van der Waals surface area contributed by atoms with Gasteiger partial charge in [0.1, 0.15) is 0 Å². The number of hydrogen-bond acceptors (Lipinski definition) is 1. The lowest BCUT2D eigenvalue weighted by molar-refractivity contribution is 0.336. The molecule has 0 heterocycles. The summed E-state index contributed by atoms with van der Waals surface area (Å²) in [6.45, 7) is 6.91. The molecule has 78 valence electrons. The topological polar surface area (TPSA) is 0 Å². The Bertz CT molecular complexity index is 142. The van der Waals surface area contributed by atoms with Gasteiger partial charge in [-0.05, 0) is 24.2 Å². The van der Waals surface area contributed by atoms with Gasteiger partial charge in [-0.25, -0.2) is 0 Å². The summed E-state index contributed by atoms with van der Waals surface area (Å²) in [7, 11) is 0. The smallest absolute Gasteiger partial charge is 0.00425 e. The van der Waals surface area contributed by atoms with Crippen molar-refractivity contribution in [2.75, 3.05) is 0 Å². The molecule has 1 heteroatoms. The molecule has 0 nitrogen and oxygen atoms in total. The number of thiol groups is 1. The quantitative estimate of drug-likeness (QED) is 0.647. The molecule has 0 aliphatic heterocycles. The van der Waals surface area contributed by atoms with Crippen LogP contribution in [0.1, 0.15) is 52.9 Å². The minimum Gasteiger partial charge on any atom is -0.176 e.